The molecule has 0 bridgehead atoms. The van der Waals surface area contributed by atoms with Gasteiger partial charge in [-0.25, -0.2) is 0 Å². The van der Waals surface area contributed by atoms with Crippen molar-refractivity contribution < 1.29 is 0 Å². The van der Waals surface area contributed by atoms with Crippen molar-refractivity contribution in [2.24, 2.45) is 0 Å². The Hall–Kier alpha value is -1.04. The molecule has 1 rings (SSSR count). The number of hydrogen-bond acceptors (Lipinski definition) is 0. The molecule has 0 heterocycles. The van der Waals surface area contributed by atoms with Gasteiger partial charge in [0, 0.05) is 0 Å². The lowest BCUT2D eigenvalue weighted by Crippen LogP contribution is -2.14. The summed E-state index contributed by atoms with van der Waals surface area (Å²) in [4.78, 5) is 0. The molecule has 0 radical (unpaired) electrons. The largest absolute Gasteiger partial charge is 0.0955 e. The normalized spacial score (nSPS) is 11.5. The first-order valence-electron chi connectivity index (χ1n) is 5.65. The van der Waals surface area contributed by atoms with Gasteiger partial charge in [-0.3, -0.25) is 0 Å². The van der Waals surface area contributed by atoms with Crippen molar-refractivity contribution in [1.82, 2.24) is 0 Å². The molecule has 0 saturated heterocycles. The van der Waals surface area contributed by atoms with Gasteiger partial charge in [0.25, 0.3) is 0 Å². The third-order valence-electron chi connectivity index (χ3n) is 2.79. The highest BCUT2D eigenvalue weighted by molar-refractivity contribution is 5.62. The zero-order valence-electron chi connectivity index (χ0n) is 10.6. The van der Waals surface area contributed by atoms with Gasteiger partial charge in [-0.05, 0) is 35.4 Å². The van der Waals surface area contributed by atoms with Crippen LogP contribution in [0.5, 0.6) is 0 Å². The van der Waals surface area contributed by atoms with Gasteiger partial charge in [0.1, 0.15) is 0 Å². The Balaban J connectivity index is 3.27. The van der Waals surface area contributed by atoms with Gasteiger partial charge in [0.15, 0.2) is 0 Å². The van der Waals surface area contributed by atoms with E-state index in [0.29, 0.717) is 0 Å². The van der Waals surface area contributed by atoms with Crippen molar-refractivity contribution >= 4 is 5.57 Å². The lowest BCUT2D eigenvalue weighted by Gasteiger charge is -2.23. The molecule has 0 fully saturated rings. The number of hydrogen-bond donors (Lipinski definition) is 0. The third-order valence-corrected chi connectivity index (χ3v) is 2.79. The zero-order chi connectivity index (χ0) is 11.6. The lowest BCUT2D eigenvalue weighted by molar-refractivity contribution is 0.583. The molecule has 0 aromatic heterocycles. The van der Waals surface area contributed by atoms with E-state index in [1.165, 1.54) is 16.7 Å². The molecule has 0 amide bonds. The van der Waals surface area contributed by atoms with E-state index in [4.69, 9.17) is 0 Å². The van der Waals surface area contributed by atoms with E-state index in [-0.39, 0.29) is 5.41 Å². The summed E-state index contributed by atoms with van der Waals surface area (Å²) in [5, 5.41) is 0. The fraction of sp³-hybridized carbons (Fsp3) is 0.467. The van der Waals surface area contributed by atoms with Crippen molar-refractivity contribution in [2.75, 3.05) is 0 Å². The van der Waals surface area contributed by atoms with Crippen LogP contribution in [0.25, 0.3) is 5.57 Å². The van der Waals surface area contributed by atoms with E-state index >= 15 is 0 Å². The van der Waals surface area contributed by atoms with E-state index in [9.17, 15) is 0 Å². The predicted octanol–water partition coefficient (Wildman–Crippen LogP) is 4.58. The number of aryl methyl sites for hydroxylation is 1. The molecule has 1 aromatic rings. The predicted molar refractivity (Wildman–Crippen MR) is 69.2 cm³/mol. The number of benzene rings is 1. The molecule has 0 saturated carbocycles. The summed E-state index contributed by atoms with van der Waals surface area (Å²) >= 11 is 0. The highest BCUT2D eigenvalue weighted by Crippen LogP contribution is 2.28. The summed E-state index contributed by atoms with van der Waals surface area (Å²) in [6, 6.07) is 6.72. The average Bonchev–Trinajstić information content (AvgIpc) is 2.15. The van der Waals surface area contributed by atoms with Crippen molar-refractivity contribution in [2.45, 2.75) is 46.5 Å². The second-order valence-corrected chi connectivity index (χ2v) is 5.26. The number of rotatable bonds is 2. The maximum absolute atomic E-state index is 3.99. The molecule has 0 aliphatic carbocycles. The van der Waals surface area contributed by atoms with Gasteiger partial charge in [-0.15, -0.1) is 0 Å². The van der Waals surface area contributed by atoms with Crippen LogP contribution in [0.1, 0.15) is 51.3 Å². The summed E-state index contributed by atoms with van der Waals surface area (Å²) in [6.07, 6.45) is 1.09. The van der Waals surface area contributed by atoms with Crippen LogP contribution < -0.4 is 0 Å². The topological polar surface area (TPSA) is 0 Å². The van der Waals surface area contributed by atoms with Crippen molar-refractivity contribution in [3.63, 3.8) is 0 Å². The van der Waals surface area contributed by atoms with Gasteiger partial charge < -0.3 is 0 Å². The fourth-order valence-corrected chi connectivity index (χ4v) is 1.88. The summed E-state index contributed by atoms with van der Waals surface area (Å²) in [6.45, 7) is 15.1. The van der Waals surface area contributed by atoms with Crippen molar-refractivity contribution in [3.8, 4) is 0 Å². The maximum atomic E-state index is 3.99. The smallest absolute Gasteiger partial charge is 0.0129 e. The highest BCUT2D eigenvalue weighted by atomic mass is 14.2. The molecule has 0 aliphatic rings. The second kappa shape index (κ2) is 4.22. The fourth-order valence-electron chi connectivity index (χ4n) is 1.88. The molecule has 1 aromatic carbocycles. The molecule has 0 spiro atoms. The van der Waals surface area contributed by atoms with E-state index in [0.717, 1.165) is 12.0 Å². The first-order chi connectivity index (χ1) is 6.86. The Kier molecular flexibility index (Phi) is 3.38. The molecule has 0 unspecified atom stereocenters. The van der Waals surface area contributed by atoms with Gasteiger partial charge >= 0.3 is 0 Å². The maximum Gasteiger partial charge on any atom is -0.0129 e. The first-order valence-corrected chi connectivity index (χ1v) is 5.65. The van der Waals surface area contributed by atoms with Gasteiger partial charge in [-0.2, -0.15) is 0 Å². The van der Waals surface area contributed by atoms with Crippen LogP contribution in [0, 0.1) is 0 Å². The molecular formula is C15H22. The minimum absolute atomic E-state index is 0.235. The quantitative estimate of drug-likeness (QED) is 0.658. The van der Waals surface area contributed by atoms with E-state index < -0.39 is 0 Å². The Labute approximate surface area is 94.0 Å². The SMILES string of the molecule is C=C(C)c1ccc(C(C)(C)C)c(CC)c1. The molecule has 15 heavy (non-hydrogen) atoms. The van der Waals surface area contributed by atoms with E-state index in [1.807, 2.05) is 0 Å². The third kappa shape index (κ3) is 2.71. The first kappa shape index (κ1) is 12.0. The Morgan fingerprint density at radius 3 is 2.27 bits per heavy atom. The van der Waals surface area contributed by atoms with Crippen LogP contribution in [-0.4, -0.2) is 0 Å². The summed E-state index contributed by atoms with van der Waals surface area (Å²) < 4.78 is 0. The zero-order valence-corrected chi connectivity index (χ0v) is 10.6. The van der Waals surface area contributed by atoms with E-state index in [2.05, 4.69) is 59.4 Å². The lowest BCUT2D eigenvalue weighted by atomic mass is 9.82. The Morgan fingerprint density at radius 1 is 1.27 bits per heavy atom. The summed E-state index contributed by atoms with van der Waals surface area (Å²) in [5.41, 5.74) is 5.54. The Bertz CT molecular complexity index is 364. The number of allylic oxidation sites excluding steroid dienone is 1. The van der Waals surface area contributed by atoms with Crippen LogP contribution in [-0.2, 0) is 11.8 Å². The minimum Gasteiger partial charge on any atom is -0.0955 e. The molecule has 0 nitrogen and oxygen atoms in total. The molecule has 0 aliphatic heterocycles. The van der Waals surface area contributed by atoms with E-state index in [1.54, 1.807) is 0 Å². The highest BCUT2D eigenvalue weighted by Gasteiger charge is 2.17. The van der Waals surface area contributed by atoms with Crippen LogP contribution in [0.3, 0.4) is 0 Å². The monoisotopic (exact) mass is 202 g/mol. The average molecular weight is 202 g/mol. The summed E-state index contributed by atoms with van der Waals surface area (Å²) in [5.74, 6) is 0. The van der Waals surface area contributed by atoms with Crippen LogP contribution in [0.4, 0.5) is 0 Å². The second-order valence-electron chi connectivity index (χ2n) is 5.26. The molecule has 0 N–H and O–H groups in total. The standard InChI is InChI=1S/C15H22/c1-7-12-10-13(11(2)3)8-9-14(12)15(4,5)6/h8-10H,2,7H2,1,3-6H3. The van der Waals surface area contributed by atoms with Gasteiger partial charge in [0.2, 0.25) is 0 Å². The van der Waals surface area contributed by atoms with Crippen molar-refractivity contribution in [1.29, 1.82) is 0 Å². The minimum atomic E-state index is 0.235. The molecule has 0 heteroatoms. The molecule has 0 atom stereocenters. The van der Waals surface area contributed by atoms with Crippen molar-refractivity contribution in [3.05, 3.63) is 41.5 Å². The molecular weight excluding hydrogens is 180 g/mol. The van der Waals surface area contributed by atoms with Crippen LogP contribution in [0.2, 0.25) is 0 Å². The molecule has 82 valence electrons. The Morgan fingerprint density at radius 2 is 1.87 bits per heavy atom. The van der Waals surface area contributed by atoms with Crippen LogP contribution in [0.15, 0.2) is 24.8 Å². The van der Waals surface area contributed by atoms with Crippen LogP contribution >= 0.6 is 0 Å². The van der Waals surface area contributed by atoms with Gasteiger partial charge in [-0.1, -0.05) is 58.0 Å². The summed E-state index contributed by atoms with van der Waals surface area (Å²) in [7, 11) is 0. The van der Waals surface area contributed by atoms with Gasteiger partial charge in [0.05, 0.1) is 0 Å².